The molecule has 0 saturated carbocycles. The van der Waals surface area contributed by atoms with E-state index in [4.69, 9.17) is 9.84 Å². The lowest BCUT2D eigenvalue weighted by atomic mass is 9.99. The summed E-state index contributed by atoms with van der Waals surface area (Å²) in [5.74, 6) is -0.792. The molecular formula is C19H38O4. The summed E-state index contributed by atoms with van der Waals surface area (Å²) in [4.78, 5) is 21.4. The average molecular weight is 331 g/mol. The van der Waals surface area contributed by atoms with Crippen molar-refractivity contribution in [3.63, 3.8) is 0 Å². The molecule has 0 bridgehead atoms. The van der Waals surface area contributed by atoms with Crippen LogP contribution in [-0.4, -0.2) is 23.7 Å². The first-order valence-electron chi connectivity index (χ1n) is 9.41. The molecule has 0 aromatic carbocycles. The van der Waals surface area contributed by atoms with Gasteiger partial charge in [-0.2, -0.15) is 0 Å². The first-order chi connectivity index (χ1) is 11.0. The predicted octanol–water partition coefficient (Wildman–Crippen LogP) is 5.59. The number of carbonyl (C=O) groups is 2. The van der Waals surface area contributed by atoms with Gasteiger partial charge in [0.2, 0.25) is 0 Å². The number of carbonyl (C=O) groups excluding carboxylic acids is 1. The van der Waals surface area contributed by atoms with Gasteiger partial charge in [-0.05, 0) is 26.2 Å². The van der Waals surface area contributed by atoms with E-state index in [2.05, 4.69) is 13.8 Å². The van der Waals surface area contributed by atoms with Gasteiger partial charge in [-0.1, -0.05) is 65.7 Å². The second-order valence-corrected chi connectivity index (χ2v) is 5.91. The molecule has 1 unspecified atom stereocenters. The van der Waals surface area contributed by atoms with Crippen molar-refractivity contribution in [2.75, 3.05) is 6.61 Å². The smallest absolute Gasteiger partial charge is 0.306 e. The van der Waals surface area contributed by atoms with Crippen LogP contribution in [0.5, 0.6) is 0 Å². The third-order valence-electron chi connectivity index (χ3n) is 3.79. The number of ether oxygens (including phenoxy) is 1. The van der Waals surface area contributed by atoms with Gasteiger partial charge >= 0.3 is 11.9 Å². The molecule has 0 rings (SSSR count). The van der Waals surface area contributed by atoms with Crippen LogP contribution >= 0.6 is 0 Å². The maximum absolute atomic E-state index is 10.9. The summed E-state index contributed by atoms with van der Waals surface area (Å²) in [6.45, 7) is 8.60. The van der Waals surface area contributed by atoms with E-state index in [-0.39, 0.29) is 11.9 Å². The fraction of sp³-hybridized carbons (Fsp3) is 0.895. The van der Waals surface area contributed by atoms with Crippen LogP contribution in [-0.2, 0) is 14.3 Å². The van der Waals surface area contributed by atoms with Gasteiger partial charge in [0.05, 0.1) is 12.5 Å². The van der Waals surface area contributed by atoms with Crippen LogP contribution < -0.4 is 0 Å². The molecule has 0 heterocycles. The van der Waals surface area contributed by atoms with Crippen LogP contribution in [0.3, 0.4) is 0 Å². The second-order valence-electron chi connectivity index (χ2n) is 5.91. The van der Waals surface area contributed by atoms with E-state index in [0.717, 1.165) is 44.9 Å². The van der Waals surface area contributed by atoms with Crippen LogP contribution in [0.4, 0.5) is 0 Å². The van der Waals surface area contributed by atoms with Crippen molar-refractivity contribution in [2.24, 2.45) is 5.92 Å². The Morgan fingerprint density at radius 1 is 0.870 bits per heavy atom. The van der Waals surface area contributed by atoms with Crippen LogP contribution in [0.2, 0.25) is 0 Å². The van der Waals surface area contributed by atoms with Crippen molar-refractivity contribution in [3.8, 4) is 0 Å². The number of carboxylic acid groups (broad SMARTS) is 1. The monoisotopic (exact) mass is 330 g/mol. The molecule has 0 saturated heterocycles. The summed E-state index contributed by atoms with van der Waals surface area (Å²) >= 11 is 0. The van der Waals surface area contributed by atoms with Crippen LogP contribution in [0.15, 0.2) is 0 Å². The van der Waals surface area contributed by atoms with Crippen molar-refractivity contribution >= 4 is 11.9 Å². The van der Waals surface area contributed by atoms with Gasteiger partial charge in [-0.15, -0.1) is 0 Å². The summed E-state index contributed by atoms with van der Waals surface area (Å²) in [7, 11) is 0. The van der Waals surface area contributed by atoms with Crippen molar-refractivity contribution < 1.29 is 19.4 Å². The Morgan fingerprint density at radius 2 is 1.43 bits per heavy atom. The zero-order valence-electron chi connectivity index (χ0n) is 15.7. The quantitative estimate of drug-likeness (QED) is 0.353. The highest BCUT2D eigenvalue weighted by Crippen LogP contribution is 2.13. The largest absolute Gasteiger partial charge is 0.481 e. The zero-order valence-corrected chi connectivity index (χ0v) is 15.7. The number of carboxylic acids is 1. The van der Waals surface area contributed by atoms with E-state index in [1.165, 1.54) is 19.3 Å². The van der Waals surface area contributed by atoms with Gasteiger partial charge < -0.3 is 9.84 Å². The molecule has 0 fully saturated rings. The lowest BCUT2D eigenvalue weighted by molar-refractivity contribution is -0.143. The van der Waals surface area contributed by atoms with Crippen molar-refractivity contribution in [2.45, 2.75) is 98.3 Å². The van der Waals surface area contributed by atoms with Gasteiger partial charge in [-0.25, -0.2) is 0 Å². The highest BCUT2D eigenvalue weighted by Gasteiger charge is 2.13. The minimum atomic E-state index is -0.636. The Bertz CT molecular complexity index is 277. The molecule has 4 nitrogen and oxygen atoms in total. The van der Waals surface area contributed by atoms with E-state index < -0.39 is 5.97 Å². The summed E-state index contributed by atoms with van der Waals surface area (Å²) < 4.78 is 4.81. The van der Waals surface area contributed by atoms with Gasteiger partial charge in [0.1, 0.15) is 0 Å². The molecule has 138 valence electrons. The lowest BCUT2D eigenvalue weighted by Gasteiger charge is -2.07. The van der Waals surface area contributed by atoms with Gasteiger partial charge in [0, 0.05) is 6.42 Å². The van der Waals surface area contributed by atoms with Gasteiger partial charge in [0.15, 0.2) is 0 Å². The van der Waals surface area contributed by atoms with Crippen molar-refractivity contribution in [1.82, 2.24) is 0 Å². The fourth-order valence-electron chi connectivity index (χ4n) is 2.25. The minimum absolute atomic E-state index is 0.0472. The third kappa shape index (κ3) is 18.9. The number of unbranched alkanes of at least 4 members (excludes halogenated alkanes) is 6. The number of aliphatic carboxylic acids is 1. The van der Waals surface area contributed by atoms with Crippen molar-refractivity contribution in [1.29, 1.82) is 0 Å². The third-order valence-corrected chi connectivity index (χ3v) is 3.79. The molecule has 0 aliphatic heterocycles. The SMILES string of the molecule is CCCCCC(CC)C(=O)O.CCCCCCCC(=O)OCC. The Kier molecular flexibility index (Phi) is 20.0. The Hall–Kier alpha value is -1.06. The molecule has 1 atom stereocenters. The van der Waals surface area contributed by atoms with Gasteiger partial charge in [0.25, 0.3) is 0 Å². The fourth-order valence-corrected chi connectivity index (χ4v) is 2.25. The molecule has 1 N–H and O–H groups in total. The molecule has 0 aromatic heterocycles. The number of rotatable bonds is 13. The molecule has 4 heteroatoms. The molecular weight excluding hydrogens is 292 g/mol. The maximum atomic E-state index is 10.9. The van der Waals surface area contributed by atoms with Crippen LogP contribution in [0.1, 0.15) is 98.3 Å². The minimum Gasteiger partial charge on any atom is -0.481 e. The highest BCUT2D eigenvalue weighted by molar-refractivity contribution is 5.69. The summed E-state index contributed by atoms with van der Waals surface area (Å²) in [6, 6.07) is 0. The second kappa shape index (κ2) is 19.0. The molecule has 0 aliphatic carbocycles. The first-order valence-corrected chi connectivity index (χ1v) is 9.41. The average Bonchev–Trinajstić information content (AvgIpc) is 2.52. The molecule has 0 spiro atoms. The topological polar surface area (TPSA) is 63.6 Å². The normalized spacial score (nSPS) is 11.3. The molecule has 0 aromatic rings. The predicted molar refractivity (Wildman–Crippen MR) is 95.6 cm³/mol. The zero-order chi connectivity index (χ0) is 17.9. The summed E-state index contributed by atoms with van der Waals surface area (Å²) in [6.07, 6.45) is 11.5. The summed E-state index contributed by atoms with van der Waals surface area (Å²) in [5, 5.41) is 8.67. The van der Waals surface area contributed by atoms with Crippen molar-refractivity contribution in [3.05, 3.63) is 0 Å². The highest BCUT2D eigenvalue weighted by atomic mass is 16.5. The number of esters is 1. The van der Waals surface area contributed by atoms with E-state index in [0.29, 0.717) is 13.0 Å². The maximum Gasteiger partial charge on any atom is 0.306 e. The molecule has 23 heavy (non-hydrogen) atoms. The lowest BCUT2D eigenvalue weighted by Crippen LogP contribution is -2.12. The number of hydrogen-bond donors (Lipinski definition) is 1. The standard InChI is InChI=1S/C10H20O2.C9H18O2/c1-3-5-6-7-8-9-10(11)12-4-2;1-3-5-6-7-8(4-2)9(10)11/h3-9H2,1-2H3;8H,3-7H2,1-2H3,(H,10,11). The van der Waals surface area contributed by atoms with Crippen LogP contribution in [0.25, 0.3) is 0 Å². The van der Waals surface area contributed by atoms with E-state index >= 15 is 0 Å². The Balaban J connectivity index is 0. The Morgan fingerprint density at radius 3 is 1.91 bits per heavy atom. The van der Waals surface area contributed by atoms with E-state index in [1.807, 2.05) is 13.8 Å². The molecule has 0 amide bonds. The van der Waals surface area contributed by atoms with E-state index in [1.54, 1.807) is 0 Å². The van der Waals surface area contributed by atoms with Crippen LogP contribution in [0, 0.1) is 5.92 Å². The van der Waals surface area contributed by atoms with E-state index in [9.17, 15) is 9.59 Å². The van der Waals surface area contributed by atoms with Gasteiger partial charge in [-0.3, -0.25) is 9.59 Å². The molecule has 0 aliphatic rings. The molecule has 0 radical (unpaired) electrons. The first kappa shape index (κ1) is 24.2. The number of hydrogen-bond acceptors (Lipinski definition) is 3. The summed E-state index contributed by atoms with van der Waals surface area (Å²) in [5.41, 5.74) is 0. The Labute approximate surface area is 143 Å².